The third-order valence-electron chi connectivity index (χ3n) is 5.64. The SMILES string of the molecule is CC(=O)Nc1ccc(NC(=O)c2cc(S(=O)(=O)N3CCOCC3)ccc2N2CCOCC2)cc1. The average molecular weight is 489 g/mol. The number of morpholine rings is 2. The molecule has 0 atom stereocenters. The maximum atomic E-state index is 13.3. The zero-order valence-corrected chi connectivity index (χ0v) is 19.8. The second-order valence-corrected chi connectivity index (χ2v) is 9.95. The van der Waals surface area contributed by atoms with Crippen LogP contribution in [0.5, 0.6) is 0 Å². The summed E-state index contributed by atoms with van der Waals surface area (Å²) in [6.45, 7) is 4.90. The molecule has 34 heavy (non-hydrogen) atoms. The summed E-state index contributed by atoms with van der Waals surface area (Å²) in [6.07, 6.45) is 0. The van der Waals surface area contributed by atoms with Crippen molar-refractivity contribution < 1.29 is 27.5 Å². The van der Waals surface area contributed by atoms with Crippen LogP contribution in [-0.4, -0.2) is 77.1 Å². The molecule has 0 saturated carbocycles. The Bertz CT molecular complexity index is 1140. The Morgan fingerprint density at radius 3 is 1.97 bits per heavy atom. The van der Waals surface area contributed by atoms with E-state index < -0.39 is 15.9 Å². The number of benzene rings is 2. The minimum Gasteiger partial charge on any atom is -0.379 e. The quantitative estimate of drug-likeness (QED) is 0.636. The van der Waals surface area contributed by atoms with Crippen molar-refractivity contribution in [3.05, 3.63) is 48.0 Å². The van der Waals surface area contributed by atoms with E-state index in [0.717, 1.165) is 0 Å². The van der Waals surface area contributed by atoms with Gasteiger partial charge in [0, 0.05) is 50.2 Å². The second kappa shape index (κ2) is 10.5. The first-order valence-corrected chi connectivity index (χ1v) is 12.5. The molecule has 2 aromatic carbocycles. The summed E-state index contributed by atoms with van der Waals surface area (Å²) in [5.41, 5.74) is 2.05. The summed E-state index contributed by atoms with van der Waals surface area (Å²) in [4.78, 5) is 26.6. The highest BCUT2D eigenvalue weighted by Crippen LogP contribution is 2.28. The molecular weight excluding hydrogens is 460 g/mol. The van der Waals surface area contributed by atoms with Gasteiger partial charge in [-0.2, -0.15) is 4.31 Å². The molecule has 11 heteroatoms. The Kier molecular flexibility index (Phi) is 7.47. The Balaban J connectivity index is 1.64. The predicted octanol–water partition coefficient (Wildman–Crippen LogP) is 1.75. The minimum atomic E-state index is -3.77. The van der Waals surface area contributed by atoms with Crippen LogP contribution >= 0.6 is 0 Å². The molecule has 0 spiro atoms. The van der Waals surface area contributed by atoms with E-state index in [4.69, 9.17) is 9.47 Å². The van der Waals surface area contributed by atoms with Gasteiger partial charge in [0.25, 0.3) is 5.91 Å². The van der Waals surface area contributed by atoms with Crippen molar-refractivity contribution in [2.75, 3.05) is 68.1 Å². The second-order valence-electron chi connectivity index (χ2n) is 8.01. The van der Waals surface area contributed by atoms with Gasteiger partial charge in [0.05, 0.1) is 36.9 Å². The summed E-state index contributed by atoms with van der Waals surface area (Å²) in [7, 11) is -3.77. The van der Waals surface area contributed by atoms with Gasteiger partial charge in [-0.25, -0.2) is 8.42 Å². The smallest absolute Gasteiger partial charge is 0.257 e. The molecule has 2 saturated heterocycles. The predicted molar refractivity (Wildman–Crippen MR) is 128 cm³/mol. The zero-order valence-electron chi connectivity index (χ0n) is 19.0. The van der Waals surface area contributed by atoms with E-state index >= 15 is 0 Å². The van der Waals surface area contributed by atoms with E-state index in [1.807, 2.05) is 4.90 Å². The van der Waals surface area contributed by atoms with Crippen molar-refractivity contribution in [2.24, 2.45) is 0 Å². The van der Waals surface area contributed by atoms with Crippen molar-refractivity contribution in [1.29, 1.82) is 0 Å². The van der Waals surface area contributed by atoms with Gasteiger partial charge in [-0.05, 0) is 42.5 Å². The Hall–Kier alpha value is -2.99. The summed E-state index contributed by atoms with van der Waals surface area (Å²) in [6, 6.07) is 11.4. The molecule has 4 rings (SSSR count). The van der Waals surface area contributed by atoms with Crippen LogP contribution in [0.15, 0.2) is 47.4 Å². The number of carbonyl (C=O) groups is 2. The van der Waals surface area contributed by atoms with Crippen LogP contribution in [0.4, 0.5) is 17.1 Å². The highest BCUT2D eigenvalue weighted by molar-refractivity contribution is 7.89. The topological polar surface area (TPSA) is 117 Å². The molecule has 2 aliphatic rings. The van der Waals surface area contributed by atoms with Crippen LogP contribution in [0.3, 0.4) is 0 Å². The zero-order chi connectivity index (χ0) is 24.1. The van der Waals surface area contributed by atoms with Crippen LogP contribution in [0.2, 0.25) is 0 Å². The number of carbonyl (C=O) groups excluding carboxylic acids is 2. The van der Waals surface area contributed by atoms with Crippen LogP contribution < -0.4 is 15.5 Å². The van der Waals surface area contributed by atoms with E-state index in [0.29, 0.717) is 56.6 Å². The van der Waals surface area contributed by atoms with Crippen molar-refractivity contribution in [1.82, 2.24) is 4.31 Å². The van der Waals surface area contributed by atoms with Crippen molar-refractivity contribution >= 4 is 38.9 Å². The fourth-order valence-electron chi connectivity index (χ4n) is 3.91. The normalized spacial score (nSPS) is 17.3. The lowest BCUT2D eigenvalue weighted by Gasteiger charge is -2.31. The van der Waals surface area contributed by atoms with Gasteiger partial charge < -0.3 is 25.0 Å². The number of hydrogen-bond acceptors (Lipinski definition) is 7. The summed E-state index contributed by atoms with van der Waals surface area (Å²) in [5, 5.41) is 5.51. The van der Waals surface area contributed by atoms with Crippen molar-refractivity contribution in [3.63, 3.8) is 0 Å². The lowest BCUT2D eigenvalue weighted by atomic mass is 10.1. The maximum Gasteiger partial charge on any atom is 0.257 e. The molecule has 2 amide bonds. The highest BCUT2D eigenvalue weighted by atomic mass is 32.2. The molecule has 2 heterocycles. The van der Waals surface area contributed by atoms with Gasteiger partial charge in [0.2, 0.25) is 15.9 Å². The summed E-state index contributed by atoms with van der Waals surface area (Å²) in [5.74, 6) is -0.613. The molecule has 2 aromatic rings. The molecule has 10 nitrogen and oxygen atoms in total. The van der Waals surface area contributed by atoms with Gasteiger partial charge in [-0.1, -0.05) is 0 Å². The number of ether oxygens (including phenoxy) is 2. The fraction of sp³-hybridized carbons (Fsp3) is 0.391. The number of sulfonamides is 1. The maximum absolute atomic E-state index is 13.3. The lowest BCUT2D eigenvalue weighted by molar-refractivity contribution is -0.114. The molecular formula is C23H28N4O6S. The molecule has 0 bridgehead atoms. The third kappa shape index (κ3) is 5.55. The fourth-order valence-corrected chi connectivity index (χ4v) is 5.35. The van der Waals surface area contributed by atoms with Gasteiger partial charge in [0.1, 0.15) is 0 Å². The molecule has 0 radical (unpaired) electrons. The van der Waals surface area contributed by atoms with Gasteiger partial charge in [0.15, 0.2) is 0 Å². The summed E-state index contributed by atoms with van der Waals surface area (Å²) >= 11 is 0. The van der Waals surface area contributed by atoms with Gasteiger partial charge in [-0.3, -0.25) is 9.59 Å². The number of hydrogen-bond donors (Lipinski definition) is 2. The van der Waals surface area contributed by atoms with Crippen LogP contribution in [-0.2, 0) is 24.3 Å². The molecule has 2 fully saturated rings. The number of nitrogens with zero attached hydrogens (tertiary/aromatic N) is 2. The Morgan fingerprint density at radius 2 is 1.38 bits per heavy atom. The standard InChI is InChI=1S/C23H28N4O6S/c1-17(28)24-18-2-4-19(5-3-18)25-23(29)21-16-20(34(30,31)27-10-14-33-15-11-27)6-7-22(21)26-8-12-32-13-9-26/h2-7,16H,8-15H2,1H3,(H,24,28)(H,25,29). The van der Waals surface area contributed by atoms with Crippen molar-refractivity contribution in [3.8, 4) is 0 Å². The molecule has 2 aliphatic heterocycles. The minimum absolute atomic E-state index is 0.0672. The lowest BCUT2D eigenvalue weighted by Crippen LogP contribution is -2.41. The Morgan fingerprint density at radius 1 is 0.824 bits per heavy atom. The van der Waals surface area contributed by atoms with Crippen LogP contribution in [0, 0.1) is 0 Å². The monoisotopic (exact) mass is 488 g/mol. The number of anilines is 3. The molecule has 0 unspecified atom stereocenters. The number of rotatable bonds is 6. The van der Waals surface area contributed by atoms with E-state index in [-0.39, 0.29) is 29.5 Å². The summed E-state index contributed by atoms with van der Waals surface area (Å²) < 4.78 is 38.5. The Labute approximate surface area is 198 Å². The molecule has 182 valence electrons. The number of nitrogens with one attached hydrogen (secondary N) is 2. The van der Waals surface area contributed by atoms with E-state index in [2.05, 4.69) is 10.6 Å². The first-order valence-electron chi connectivity index (χ1n) is 11.1. The first-order chi connectivity index (χ1) is 16.3. The van der Waals surface area contributed by atoms with Crippen LogP contribution in [0.25, 0.3) is 0 Å². The van der Waals surface area contributed by atoms with Gasteiger partial charge in [-0.15, -0.1) is 0 Å². The number of amides is 2. The molecule has 2 N–H and O–H groups in total. The van der Waals surface area contributed by atoms with E-state index in [1.165, 1.54) is 17.3 Å². The average Bonchev–Trinajstić information content (AvgIpc) is 2.85. The van der Waals surface area contributed by atoms with E-state index in [1.54, 1.807) is 36.4 Å². The van der Waals surface area contributed by atoms with Crippen molar-refractivity contribution in [2.45, 2.75) is 11.8 Å². The third-order valence-corrected chi connectivity index (χ3v) is 7.53. The largest absolute Gasteiger partial charge is 0.379 e. The first kappa shape index (κ1) is 24.1. The highest BCUT2D eigenvalue weighted by Gasteiger charge is 2.29. The van der Waals surface area contributed by atoms with Gasteiger partial charge >= 0.3 is 0 Å². The van der Waals surface area contributed by atoms with Crippen LogP contribution in [0.1, 0.15) is 17.3 Å². The molecule has 0 aliphatic carbocycles. The molecule has 0 aromatic heterocycles. The van der Waals surface area contributed by atoms with E-state index in [9.17, 15) is 18.0 Å².